The molecule has 2 saturated heterocycles. The van der Waals surface area contributed by atoms with E-state index < -0.39 is 0 Å². The number of amides is 1. The molecule has 2 aliphatic rings. The number of hydrogen-bond acceptors (Lipinski definition) is 5. The van der Waals surface area contributed by atoms with E-state index in [4.69, 9.17) is 9.47 Å². The van der Waals surface area contributed by atoms with E-state index in [1.54, 1.807) is 20.4 Å². The molecule has 3 rings (SSSR count). The molecule has 120 valence electrons. The number of pyridine rings is 1. The fraction of sp³-hybridized carbons (Fsp3) is 0.625. The van der Waals surface area contributed by atoms with Crippen LogP contribution in [0.3, 0.4) is 0 Å². The van der Waals surface area contributed by atoms with Crippen molar-refractivity contribution in [3.63, 3.8) is 0 Å². The summed E-state index contributed by atoms with van der Waals surface area (Å²) in [5, 5.41) is 2.68. The topological polar surface area (TPSA) is 63.7 Å². The van der Waals surface area contributed by atoms with Crippen molar-refractivity contribution in [2.45, 2.75) is 31.6 Å². The lowest BCUT2D eigenvalue weighted by molar-refractivity contribution is -0.132. The second-order valence-electron chi connectivity index (χ2n) is 5.97. The first kappa shape index (κ1) is 15.2. The molecule has 0 aliphatic carbocycles. The molecule has 1 amide bonds. The maximum absolute atomic E-state index is 11.7. The van der Waals surface area contributed by atoms with E-state index in [1.807, 2.05) is 12.1 Å². The minimum atomic E-state index is -0.284. The van der Waals surface area contributed by atoms with Gasteiger partial charge in [0.2, 0.25) is 11.8 Å². The zero-order valence-electron chi connectivity index (χ0n) is 13.1. The summed E-state index contributed by atoms with van der Waals surface area (Å²) in [6.07, 6.45) is 3.52. The summed E-state index contributed by atoms with van der Waals surface area (Å²) in [6.45, 7) is 2.67. The van der Waals surface area contributed by atoms with Gasteiger partial charge in [-0.1, -0.05) is 6.07 Å². The van der Waals surface area contributed by atoms with Crippen LogP contribution < -0.4 is 10.1 Å². The highest BCUT2D eigenvalue weighted by molar-refractivity contribution is 5.80. The molecule has 2 aliphatic heterocycles. The number of piperidine rings is 1. The lowest BCUT2D eigenvalue weighted by Gasteiger charge is -2.34. The van der Waals surface area contributed by atoms with Gasteiger partial charge in [-0.15, -0.1) is 0 Å². The van der Waals surface area contributed by atoms with Gasteiger partial charge in [0.05, 0.1) is 13.2 Å². The van der Waals surface area contributed by atoms with Crippen molar-refractivity contribution in [2.75, 3.05) is 27.2 Å². The molecule has 0 unspecified atom stereocenters. The fourth-order valence-corrected chi connectivity index (χ4v) is 3.44. The molecule has 0 radical (unpaired) electrons. The third kappa shape index (κ3) is 3.08. The minimum Gasteiger partial charge on any atom is -0.481 e. The van der Waals surface area contributed by atoms with Gasteiger partial charge in [-0.05, 0) is 31.4 Å². The Morgan fingerprint density at radius 2 is 2.45 bits per heavy atom. The molecule has 1 aromatic heterocycles. The molecule has 0 spiro atoms. The molecule has 1 N–H and O–H groups in total. The van der Waals surface area contributed by atoms with Crippen LogP contribution in [0.2, 0.25) is 0 Å². The number of carbonyl (C=O) groups excluding carboxylic acids is 1. The van der Waals surface area contributed by atoms with Crippen LogP contribution in [0.4, 0.5) is 0 Å². The van der Waals surface area contributed by atoms with Crippen molar-refractivity contribution in [2.24, 2.45) is 5.92 Å². The standard InChI is InChI=1S/C16H23N3O3/c1-17-15(20)13-8-11-5-7-19(10-14(11)22-13)9-12-4-3-6-18-16(12)21-2/h3-4,6,11,13-14H,5,7-10H2,1-2H3,(H,17,20)/t11-,13+,14+/m1/s1. The second kappa shape index (κ2) is 6.62. The largest absolute Gasteiger partial charge is 0.481 e. The molecule has 3 atom stereocenters. The van der Waals surface area contributed by atoms with Crippen LogP contribution in [0.15, 0.2) is 18.3 Å². The Morgan fingerprint density at radius 3 is 3.23 bits per heavy atom. The smallest absolute Gasteiger partial charge is 0.248 e. The number of aromatic nitrogens is 1. The molecule has 3 heterocycles. The number of fused-ring (bicyclic) bond motifs is 1. The SMILES string of the molecule is CNC(=O)[C@@H]1C[C@H]2CCN(Cc3cccnc3OC)C[C@@H]2O1. The average Bonchev–Trinajstić information content (AvgIpc) is 2.98. The fourth-order valence-electron chi connectivity index (χ4n) is 3.44. The van der Waals surface area contributed by atoms with Gasteiger partial charge in [0, 0.05) is 31.9 Å². The normalized spacial score (nSPS) is 28.2. The van der Waals surface area contributed by atoms with Gasteiger partial charge in [0.1, 0.15) is 6.10 Å². The highest BCUT2D eigenvalue weighted by atomic mass is 16.5. The Kier molecular flexibility index (Phi) is 4.59. The lowest BCUT2D eigenvalue weighted by atomic mass is 9.91. The number of carbonyl (C=O) groups is 1. The van der Waals surface area contributed by atoms with Crippen molar-refractivity contribution in [1.29, 1.82) is 0 Å². The van der Waals surface area contributed by atoms with Gasteiger partial charge in [0.25, 0.3) is 0 Å². The Labute approximate surface area is 130 Å². The first-order valence-electron chi connectivity index (χ1n) is 7.78. The molecule has 0 aromatic carbocycles. The Bertz CT molecular complexity index is 537. The van der Waals surface area contributed by atoms with Crippen LogP contribution in [-0.4, -0.2) is 55.2 Å². The summed E-state index contributed by atoms with van der Waals surface area (Å²) in [7, 11) is 3.31. The number of likely N-dealkylation sites (tertiary alicyclic amines) is 1. The van der Waals surface area contributed by atoms with E-state index in [1.165, 1.54) is 0 Å². The van der Waals surface area contributed by atoms with Gasteiger partial charge in [-0.3, -0.25) is 9.69 Å². The summed E-state index contributed by atoms with van der Waals surface area (Å²) in [6, 6.07) is 3.97. The van der Waals surface area contributed by atoms with Crippen molar-refractivity contribution in [3.05, 3.63) is 23.9 Å². The van der Waals surface area contributed by atoms with E-state index in [-0.39, 0.29) is 18.1 Å². The molecular weight excluding hydrogens is 282 g/mol. The zero-order valence-corrected chi connectivity index (χ0v) is 13.1. The van der Waals surface area contributed by atoms with Crippen LogP contribution >= 0.6 is 0 Å². The van der Waals surface area contributed by atoms with Crippen molar-refractivity contribution in [3.8, 4) is 5.88 Å². The Morgan fingerprint density at radius 1 is 1.59 bits per heavy atom. The first-order valence-corrected chi connectivity index (χ1v) is 7.78. The maximum atomic E-state index is 11.7. The summed E-state index contributed by atoms with van der Waals surface area (Å²) >= 11 is 0. The number of ether oxygens (including phenoxy) is 2. The highest BCUT2D eigenvalue weighted by Gasteiger charge is 2.41. The molecule has 2 fully saturated rings. The number of nitrogens with zero attached hydrogens (tertiary/aromatic N) is 2. The molecule has 0 saturated carbocycles. The molecule has 0 bridgehead atoms. The van der Waals surface area contributed by atoms with Crippen molar-refractivity contribution >= 4 is 5.91 Å². The van der Waals surface area contributed by atoms with Crippen molar-refractivity contribution < 1.29 is 14.3 Å². The number of likely N-dealkylation sites (N-methyl/N-ethyl adjacent to an activating group) is 1. The number of nitrogens with one attached hydrogen (secondary N) is 1. The van der Waals surface area contributed by atoms with Gasteiger partial charge in [0.15, 0.2) is 0 Å². The van der Waals surface area contributed by atoms with E-state index in [0.717, 1.165) is 38.0 Å². The zero-order chi connectivity index (χ0) is 15.5. The summed E-state index contributed by atoms with van der Waals surface area (Å²) in [5.74, 6) is 1.17. The Balaban J connectivity index is 1.61. The molecule has 22 heavy (non-hydrogen) atoms. The Hall–Kier alpha value is -1.66. The minimum absolute atomic E-state index is 0.00474. The van der Waals surface area contributed by atoms with E-state index >= 15 is 0 Å². The van der Waals surface area contributed by atoms with Gasteiger partial charge >= 0.3 is 0 Å². The summed E-state index contributed by atoms with van der Waals surface area (Å²) in [4.78, 5) is 18.3. The molecule has 6 heteroatoms. The average molecular weight is 305 g/mol. The maximum Gasteiger partial charge on any atom is 0.248 e. The summed E-state index contributed by atoms with van der Waals surface area (Å²) < 4.78 is 11.3. The number of methoxy groups -OCH3 is 1. The van der Waals surface area contributed by atoms with Gasteiger partial charge in [-0.25, -0.2) is 4.98 Å². The third-order valence-electron chi connectivity index (χ3n) is 4.61. The number of hydrogen-bond donors (Lipinski definition) is 1. The predicted octanol–water partition coefficient (Wildman–Crippen LogP) is 0.816. The van der Waals surface area contributed by atoms with Crippen molar-refractivity contribution in [1.82, 2.24) is 15.2 Å². The van der Waals surface area contributed by atoms with Gasteiger partial charge < -0.3 is 14.8 Å². The van der Waals surface area contributed by atoms with Crippen LogP contribution in [0.25, 0.3) is 0 Å². The third-order valence-corrected chi connectivity index (χ3v) is 4.61. The monoisotopic (exact) mass is 305 g/mol. The van der Waals surface area contributed by atoms with Crippen LogP contribution in [-0.2, 0) is 16.1 Å². The van der Waals surface area contributed by atoms with Crippen LogP contribution in [0, 0.1) is 5.92 Å². The predicted molar refractivity (Wildman–Crippen MR) is 81.5 cm³/mol. The van der Waals surface area contributed by atoms with E-state index in [9.17, 15) is 4.79 Å². The number of rotatable bonds is 4. The van der Waals surface area contributed by atoms with E-state index in [0.29, 0.717) is 11.8 Å². The van der Waals surface area contributed by atoms with E-state index in [2.05, 4.69) is 15.2 Å². The highest BCUT2D eigenvalue weighted by Crippen LogP contribution is 2.34. The van der Waals surface area contributed by atoms with Crippen LogP contribution in [0.5, 0.6) is 5.88 Å². The van der Waals surface area contributed by atoms with Gasteiger partial charge in [-0.2, -0.15) is 0 Å². The lowest BCUT2D eigenvalue weighted by Crippen LogP contribution is -2.42. The molecule has 1 aromatic rings. The summed E-state index contributed by atoms with van der Waals surface area (Å²) in [5.41, 5.74) is 1.09. The quantitative estimate of drug-likeness (QED) is 0.892. The molecular formula is C16H23N3O3. The van der Waals surface area contributed by atoms with Crippen LogP contribution in [0.1, 0.15) is 18.4 Å². The first-order chi connectivity index (χ1) is 10.7. The molecule has 6 nitrogen and oxygen atoms in total. The second-order valence-corrected chi connectivity index (χ2v) is 5.97.